The summed E-state index contributed by atoms with van der Waals surface area (Å²) in [6, 6.07) is 10.9. The predicted octanol–water partition coefficient (Wildman–Crippen LogP) is 5.87. The Kier molecular flexibility index (Phi) is 6.01. The largest absolute Gasteiger partial charge is 0.371 e. The molecule has 0 unspecified atom stereocenters. The summed E-state index contributed by atoms with van der Waals surface area (Å²) in [4.78, 5) is 14.8. The summed E-state index contributed by atoms with van der Waals surface area (Å²) < 4.78 is 2.00. The zero-order chi connectivity index (χ0) is 25.7. The minimum atomic E-state index is 0.528. The van der Waals surface area contributed by atoms with Crippen LogP contribution in [0.5, 0.6) is 0 Å². The number of aryl methyl sites for hydroxylation is 2. The van der Waals surface area contributed by atoms with Crippen LogP contribution in [0.1, 0.15) is 50.1 Å². The van der Waals surface area contributed by atoms with Crippen molar-refractivity contribution in [2.45, 2.75) is 46.5 Å². The third-order valence-corrected chi connectivity index (χ3v) is 7.92. The number of hydrogen-bond donors (Lipinski definition) is 1. The van der Waals surface area contributed by atoms with E-state index in [2.05, 4.69) is 71.0 Å². The molecule has 2 aromatic heterocycles. The molecular formula is C30H37N7. The van der Waals surface area contributed by atoms with Gasteiger partial charge in [0.15, 0.2) is 0 Å². The van der Waals surface area contributed by atoms with Gasteiger partial charge in [0.25, 0.3) is 0 Å². The molecule has 3 aromatic rings. The molecule has 0 saturated carbocycles. The van der Waals surface area contributed by atoms with E-state index in [0.29, 0.717) is 5.92 Å². The SMILES string of the molecule is C=C1/N=C2\Nc3ccc(N4CC(C)C4)cc3N2C[C@H](C)CCCCc2c(cnn2C)-c2cc1cc(C)n2. The van der Waals surface area contributed by atoms with Crippen molar-refractivity contribution in [3.63, 3.8) is 0 Å². The molecule has 3 aliphatic heterocycles. The lowest BCUT2D eigenvalue weighted by atomic mass is 9.99. The predicted molar refractivity (Wildman–Crippen MR) is 153 cm³/mol. The molecule has 37 heavy (non-hydrogen) atoms. The third-order valence-electron chi connectivity index (χ3n) is 7.92. The van der Waals surface area contributed by atoms with Gasteiger partial charge in [0, 0.05) is 54.9 Å². The van der Waals surface area contributed by atoms with Crippen molar-refractivity contribution >= 4 is 28.7 Å². The zero-order valence-corrected chi connectivity index (χ0v) is 22.5. The molecule has 1 saturated heterocycles. The molecule has 7 nitrogen and oxygen atoms in total. The van der Waals surface area contributed by atoms with Gasteiger partial charge in [0.05, 0.1) is 29.0 Å². The Labute approximate surface area is 219 Å². The first kappa shape index (κ1) is 23.8. The molecule has 1 aromatic carbocycles. The van der Waals surface area contributed by atoms with Crippen LogP contribution in [0.4, 0.5) is 17.1 Å². The highest BCUT2D eigenvalue weighted by molar-refractivity contribution is 6.16. The topological polar surface area (TPSA) is 61.6 Å². The number of pyridine rings is 1. The van der Waals surface area contributed by atoms with Crippen molar-refractivity contribution in [1.29, 1.82) is 0 Å². The Morgan fingerprint density at radius 3 is 2.68 bits per heavy atom. The Morgan fingerprint density at radius 1 is 1.03 bits per heavy atom. The molecule has 1 fully saturated rings. The molecule has 1 N–H and O–H groups in total. The monoisotopic (exact) mass is 495 g/mol. The van der Waals surface area contributed by atoms with Gasteiger partial charge in [0.2, 0.25) is 5.96 Å². The number of anilines is 3. The number of aromatic nitrogens is 3. The fourth-order valence-electron chi connectivity index (χ4n) is 5.86. The van der Waals surface area contributed by atoms with Crippen LogP contribution in [0, 0.1) is 18.8 Å². The lowest BCUT2D eigenvalue weighted by Gasteiger charge is -2.39. The molecule has 6 rings (SSSR count). The van der Waals surface area contributed by atoms with E-state index in [1.807, 2.05) is 24.9 Å². The van der Waals surface area contributed by atoms with Crippen molar-refractivity contribution in [2.24, 2.45) is 23.9 Å². The molecule has 0 aliphatic carbocycles. The van der Waals surface area contributed by atoms with E-state index in [1.54, 1.807) is 0 Å². The van der Waals surface area contributed by atoms with Crippen LogP contribution in [0.15, 0.2) is 48.1 Å². The summed E-state index contributed by atoms with van der Waals surface area (Å²) in [6.07, 6.45) is 6.43. The number of hydrogen-bond acceptors (Lipinski definition) is 6. The lowest BCUT2D eigenvalue weighted by Crippen LogP contribution is -2.45. The summed E-state index contributed by atoms with van der Waals surface area (Å²) in [5, 5.41) is 8.17. The summed E-state index contributed by atoms with van der Waals surface area (Å²) >= 11 is 0. The second-order valence-electron chi connectivity index (χ2n) is 11.2. The van der Waals surface area contributed by atoms with Crippen molar-refractivity contribution in [3.8, 4) is 11.3 Å². The van der Waals surface area contributed by atoms with Gasteiger partial charge in [-0.3, -0.25) is 9.67 Å². The van der Waals surface area contributed by atoms with E-state index in [4.69, 9.17) is 9.98 Å². The van der Waals surface area contributed by atoms with Crippen LogP contribution < -0.4 is 15.1 Å². The molecule has 192 valence electrons. The Morgan fingerprint density at radius 2 is 1.86 bits per heavy atom. The van der Waals surface area contributed by atoms with Gasteiger partial charge in [-0.1, -0.05) is 26.8 Å². The number of fused-ring (bicyclic) bond motifs is 7. The van der Waals surface area contributed by atoms with Crippen molar-refractivity contribution in [1.82, 2.24) is 14.8 Å². The first-order chi connectivity index (χ1) is 17.9. The molecule has 0 spiro atoms. The molecule has 5 heterocycles. The normalized spacial score (nSPS) is 21.6. The summed E-state index contributed by atoms with van der Waals surface area (Å²) in [7, 11) is 2.03. The minimum Gasteiger partial charge on any atom is -0.371 e. The summed E-state index contributed by atoms with van der Waals surface area (Å²) in [5.74, 6) is 2.15. The van der Waals surface area contributed by atoms with Crippen molar-refractivity contribution in [3.05, 3.63) is 60.1 Å². The van der Waals surface area contributed by atoms with Gasteiger partial charge in [0.1, 0.15) is 0 Å². The summed E-state index contributed by atoms with van der Waals surface area (Å²) in [6.45, 7) is 14.3. The molecule has 1 atom stereocenters. The van der Waals surface area contributed by atoms with Gasteiger partial charge in [-0.05, 0) is 68.4 Å². The van der Waals surface area contributed by atoms with E-state index in [0.717, 1.165) is 78.3 Å². The van der Waals surface area contributed by atoms with Gasteiger partial charge in [-0.15, -0.1) is 0 Å². The van der Waals surface area contributed by atoms with E-state index in [1.165, 1.54) is 29.9 Å². The van der Waals surface area contributed by atoms with Crippen LogP contribution in [0.25, 0.3) is 17.0 Å². The second kappa shape index (κ2) is 9.36. The second-order valence-corrected chi connectivity index (χ2v) is 11.2. The maximum absolute atomic E-state index is 5.07. The van der Waals surface area contributed by atoms with Crippen LogP contribution >= 0.6 is 0 Å². The van der Waals surface area contributed by atoms with Gasteiger partial charge < -0.3 is 15.1 Å². The average Bonchev–Trinajstić information content (AvgIpc) is 3.38. The van der Waals surface area contributed by atoms with Crippen molar-refractivity contribution < 1.29 is 0 Å². The highest BCUT2D eigenvalue weighted by Gasteiger charge is 2.30. The third kappa shape index (κ3) is 4.52. The fraction of sp³-hybridized carbons (Fsp3) is 0.433. The fourth-order valence-corrected chi connectivity index (χ4v) is 5.86. The number of guanidine groups is 1. The quantitative estimate of drug-likeness (QED) is 0.458. The molecule has 3 aliphatic rings. The zero-order valence-electron chi connectivity index (χ0n) is 22.5. The first-order valence-electron chi connectivity index (χ1n) is 13.6. The standard InChI is InChI=1S/C30H37N7/c1-19-8-6-7-9-28-25(15-31-35(28)5)27-13-23(12-21(3)32-27)22(4)33-30-34-26-11-10-24(36-16-20(2)17-36)14-29(26)37(30)18-19/h10-15,19-20H,4,6-9,16-18H2,1-3,5H3,(H,33,34)/t19-/m1/s1. The summed E-state index contributed by atoms with van der Waals surface area (Å²) in [5.41, 5.74) is 9.59. The Hall–Kier alpha value is -3.61. The smallest absolute Gasteiger partial charge is 0.208 e. The van der Waals surface area contributed by atoms with Gasteiger partial charge in [-0.2, -0.15) is 5.10 Å². The van der Waals surface area contributed by atoms with Gasteiger partial charge >= 0.3 is 0 Å². The molecule has 2 bridgehead atoms. The number of benzene rings is 1. The van der Waals surface area contributed by atoms with E-state index in [9.17, 15) is 0 Å². The van der Waals surface area contributed by atoms with E-state index >= 15 is 0 Å². The van der Waals surface area contributed by atoms with Gasteiger partial charge in [-0.25, -0.2) is 4.99 Å². The van der Waals surface area contributed by atoms with E-state index in [-0.39, 0.29) is 0 Å². The Bertz CT molecular complexity index is 1380. The van der Waals surface area contributed by atoms with Crippen molar-refractivity contribution in [2.75, 3.05) is 34.8 Å². The molecule has 0 radical (unpaired) electrons. The van der Waals surface area contributed by atoms with Crippen LogP contribution in [0.3, 0.4) is 0 Å². The number of nitrogens with one attached hydrogen (secondary N) is 1. The maximum Gasteiger partial charge on any atom is 0.208 e. The first-order valence-corrected chi connectivity index (χ1v) is 13.6. The lowest BCUT2D eigenvalue weighted by molar-refractivity contribution is 0.447. The minimum absolute atomic E-state index is 0.528. The van der Waals surface area contributed by atoms with Crippen LogP contribution in [0.2, 0.25) is 0 Å². The number of nitrogens with zero attached hydrogens (tertiary/aromatic N) is 6. The highest BCUT2D eigenvalue weighted by atomic mass is 15.4. The highest BCUT2D eigenvalue weighted by Crippen LogP contribution is 2.39. The van der Waals surface area contributed by atoms with E-state index < -0.39 is 0 Å². The molecular weight excluding hydrogens is 458 g/mol. The van der Waals surface area contributed by atoms with Crippen LogP contribution in [-0.4, -0.2) is 40.4 Å². The molecule has 0 amide bonds. The number of aliphatic imine (C=N–C) groups is 1. The maximum atomic E-state index is 5.07. The number of rotatable bonds is 1. The Balaban J connectivity index is 1.40. The van der Waals surface area contributed by atoms with Crippen LogP contribution in [-0.2, 0) is 13.5 Å². The molecule has 7 heteroatoms. The average molecular weight is 496 g/mol.